The summed E-state index contributed by atoms with van der Waals surface area (Å²) in [5.41, 5.74) is 1.23. The molecule has 6 nitrogen and oxygen atoms in total. The molecule has 3 rings (SSSR count). The van der Waals surface area contributed by atoms with Gasteiger partial charge in [-0.15, -0.1) is 0 Å². The van der Waals surface area contributed by atoms with Gasteiger partial charge in [0.2, 0.25) is 5.91 Å². The fourth-order valence-corrected chi connectivity index (χ4v) is 4.02. The first-order valence-electron chi connectivity index (χ1n) is 9.21. The van der Waals surface area contributed by atoms with Crippen molar-refractivity contribution in [1.82, 2.24) is 16.0 Å². The number of fused-ring (bicyclic) bond motifs is 1. The van der Waals surface area contributed by atoms with Crippen LogP contribution >= 0.6 is 0 Å². The van der Waals surface area contributed by atoms with Crippen molar-refractivity contribution in [3.63, 3.8) is 0 Å². The van der Waals surface area contributed by atoms with Crippen LogP contribution in [0, 0.1) is 11.8 Å². The molecular weight excluding hydrogens is 306 g/mol. The molecule has 2 saturated carbocycles. The highest BCUT2D eigenvalue weighted by Gasteiger charge is 2.45. The average molecular weight is 335 g/mol. The second-order valence-electron chi connectivity index (χ2n) is 7.48. The summed E-state index contributed by atoms with van der Waals surface area (Å²) in [5, 5.41) is 19.4. The molecular formula is C18H29N3O3. The van der Waals surface area contributed by atoms with Gasteiger partial charge in [0.25, 0.3) is 5.91 Å². The molecule has 1 saturated heterocycles. The Bertz CT molecular complexity index is 518. The number of carbonyl (C=O) groups excluding carboxylic acids is 2. The lowest BCUT2D eigenvalue weighted by atomic mass is 9.92. The van der Waals surface area contributed by atoms with Gasteiger partial charge in [0.15, 0.2) is 6.10 Å². The lowest BCUT2D eigenvalue weighted by molar-refractivity contribution is -0.133. The number of amides is 2. The van der Waals surface area contributed by atoms with Crippen molar-refractivity contribution in [1.29, 1.82) is 0 Å². The molecule has 5 unspecified atom stereocenters. The van der Waals surface area contributed by atoms with E-state index >= 15 is 0 Å². The van der Waals surface area contributed by atoms with Crippen LogP contribution in [0.1, 0.15) is 45.4 Å². The molecule has 0 bridgehead atoms. The molecule has 3 aliphatic rings. The maximum atomic E-state index is 12.7. The number of nitrogens with one attached hydrogen (secondary N) is 3. The van der Waals surface area contributed by atoms with Crippen molar-refractivity contribution in [3.8, 4) is 0 Å². The summed E-state index contributed by atoms with van der Waals surface area (Å²) in [5.74, 6) is 0.197. The number of hydrogen-bond acceptors (Lipinski definition) is 4. The van der Waals surface area contributed by atoms with Gasteiger partial charge in [0, 0.05) is 12.6 Å². The third-order valence-electron chi connectivity index (χ3n) is 5.61. The topological polar surface area (TPSA) is 90.5 Å². The summed E-state index contributed by atoms with van der Waals surface area (Å²) in [4.78, 5) is 24.8. The van der Waals surface area contributed by atoms with Gasteiger partial charge in [0.1, 0.15) is 0 Å². The molecule has 0 aromatic heterocycles. The molecule has 0 aromatic carbocycles. The van der Waals surface area contributed by atoms with Crippen LogP contribution < -0.4 is 16.0 Å². The van der Waals surface area contributed by atoms with E-state index in [4.69, 9.17) is 0 Å². The zero-order chi connectivity index (χ0) is 17.3. The van der Waals surface area contributed by atoms with Crippen LogP contribution in [0.15, 0.2) is 12.2 Å². The fourth-order valence-electron chi connectivity index (χ4n) is 4.02. The van der Waals surface area contributed by atoms with E-state index in [0.717, 1.165) is 38.6 Å². The van der Waals surface area contributed by atoms with Crippen LogP contribution in [-0.2, 0) is 9.59 Å². The minimum Gasteiger partial charge on any atom is -0.381 e. The van der Waals surface area contributed by atoms with Crippen molar-refractivity contribution in [2.24, 2.45) is 11.8 Å². The summed E-state index contributed by atoms with van der Waals surface area (Å²) < 4.78 is 0. The molecule has 5 atom stereocenters. The van der Waals surface area contributed by atoms with Crippen molar-refractivity contribution < 1.29 is 14.7 Å². The standard InChI is InChI=1S/C18H29N3O3/c1-3-4-14(16(22)18(24)20-11-6-7-11)21-17(23)15-12-8-5-10(2)13(12)9-19-15/h11-16,19,22H,2-9H2,1H3,(H,20,24)(H,21,23). The second kappa shape index (κ2) is 7.23. The Kier molecular flexibility index (Phi) is 5.25. The smallest absolute Gasteiger partial charge is 0.251 e. The van der Waals surface area contributed by atoms with E-state index in [2.05, 4.69) is 22.5 Å². The number of aliphatic hydroxyl groups excluding tert-OH is 1. The van der Waals surface area contributed by atoms with Crippen molar-refractivity contribution in [2.45, 2.75) is 69.7 Å². The Balaban J connectivity index is 1.59. The molecule has 2 amide bonds. The van der Waals surface area contributed by atoms with Crippen LogP contribution in [0.4, 0.5) is 0 Å². The Hall–Kier alpha value is -1.40. The van der Waals surface area contributed by atoms with E-state index in [9.17, 15) is 14.7 Å². The Morgan fingerprint density at radius 3 is 2.79 bits per heavy atom. The first kappa shape index (κ1) is 17.4. The molecule has 0 aromatic rings. The summed E-state index contributed by atoms with van der Waals surface area (Å²) in [7, 11) is 0. The van der Waals surface area contributed by atoms with Gasteiger partial charge in [-0.2, -0.15) is 0 Å². The van der Waals surface area contributed by atoms with Gasteiger partial charge in [-0.3, -0.25) is 9.59 Å². The minimum absolute atomic E-state index is 0.103. The van der Waals surface area contributed by atoms with Gasteiger partial charge in [-0.1, -0.05) is 25.5 Å². The van der Waals surface area contributed by atoms with Crippen LogP contribution in [-0.4, -0.2) is 47.7 Å². The van der Waals surface area contributed by atoms with Gasteiger partial charge in [-0.05, 0) is 43.9 Å². The number of aliphatic hydroxyl groups is 1. The molecule has 1 aliphatic heterocycles. The molecule has 6 heteroatoms. The molecule has 2 aliphatic carbocycles. The van der Waals surface area contributed by atoms with Gasteiger partial charge in [-0.25, -0.2) is 0 Å². The summed E-state index contributed by atoms with van der Waals surface area (Å²) in [6.45, 7) is 6.88. The van der Waals surface area contributed by atoms with E-state index in [1.54, 1.807) is 0 Å². The first-order chi connectivity index (χ1) is 11.5. The summed E-state index contributed by atoms with van der Waals surface area (Å²) >= 11 is 0. The lowest BCUT2D eigenvalue weighted by Crippen LogP contribution is -2.55. The van der Waals surface area contributed by atoms with Crippen LogP contribution in [0.25, 0.3) is 0 Å². The van der Waals surface area contributed by atoms with Crippen molar-refractivity contribution in [2.75, 3.05) is 6.54 Å². The highest BCUT2D eigenvalue weighted by Crippen LogP contribution is 2.40. The fraction of sp³-hybridized carbons (Fsp3) is 0.778. The molecule has 24 heavy (non-hydrogen) atoms. The van der Waals surface area contributed by atoms with Crippen LogP contribution in [0.5, 0.6) is 0 Å². The highest BCUT2D eigenvalue weighted by atomic mass is 16.3. The molecule has 3 fully saturated rings. The van der Waals surface area contributed by atoms with Gasteiger partial charge >= 0.3 is 0 Å². The van der Waals surface area contributed by atoms with E-state index in [1.165, 1.54) is 5.57 Å². The zero-order valence-electron chi connectivity index (χ0n) is 14.4. The normalized spacial score (nSPS) is 31.4. The van der Waals surface area contributed by atoms with Crippen LogP contribution in [0.3, 0.4) is 0 Å². The number of hydrogen-bond donors (Lipinski definition) is 4. The summed E-state index contributed by atoms with van der Waals surface area (Å²) in [6.07, 6.45) is 4.11. The minimum atomic E-state index is -1.19. The van der Waals surface area contributed by atoms with E-state index in [-0.39, 0.29) is 29.8 Å². The average Bonchev–Trinajstić information content (AvgIpc) is 3.14. The molecule has 4 N–H and O–H groups in total. The largest absolute Gasteiger partial charge is 0.381 e. The molecule has 0 radical (unpaired) electrons. The maximum Gasteiger partial charge on any atom is 0.251 e. The molecule has 134 valence electrons. The first-order valence-corrected chi connectivity index (χ1v) is 9.21. The zero-order valence-corrected chi connectivity index (χ0v) is 14.4. The Morgan fingerprint density at radius 2 is 2.12 bits per heavy atom. The maximum absolute atomic E-state index is 12.7. The third kappa shape index (κ3) is 3.64. The second-order valence-corrected chi connectivity index (χ2v) is 7.48. The SMILES string of the molecule is C=C1CCC2C1CNC2C(=O)NC(CCC)C(O)C(=O)NC1CC1. The number of carbonyl (C=O) groups is 2. The van der Waals surface area contributed by atoms with Gasteiger partial charge < -0.3 is 21.1 Å². The van der Waals surface area contributed by atoms with Crippen molar-refractivity contribution in [3.05, 3.63) is 12.2 Å². The Labute approximate surface area is 143 Å². The predicted molar refractivity (Wildman–Crippen MR) is 91.2 cm³/mol. The Morgan fingerprint density at radius 1 is 1.38 bits per heavy atom. The van der Waals surface area contributed by atoms with E-state index in [1.807, 2.05) is 6.92 Å². The van der Waals surface area contributed by atoms with Crippen molar-refractivity contribution >= 4 is 11.8 Å². The quantitative estimate of drug-likeness (QED) is 0.509. The predicted octanol–water partition coefficient (Wildman–Crippen LogP) is 0.465. The van der Waals surface area contributed by atoms with E-state index < -0.39 is 12.1 Å². The third-order valence-corrected chi connectivity index (χ3v) is 5.61. The highest BCUT2D eigenvalue weighted by molar-refractivity contribution is 5.86. The van der Waals surface area contributed by atoms with Gasteiger partial charge in [0.05, 0.1) is 12.1 Å². The molecule has 1 heterocycles. The number of rotatable bonds is 7. The monoisotopic (exact) mass is 335 g/mol. The van der Waals surface area contributed by atoms with E-state index in [0.29, 0.717) is 12.3 Å². The summed E-state index contributed by atoms with van der Waals surface area (Å²) in [6, 6.07) is -0.578. The van der Waals surface area contributed by atoms with Crippen LogP contribution in [0.2, 0.25) is 0 Å². The lowest BCUT2D eigenvalue weighted by Gasteiger charge is -2.26. The molecule has 0 spiro atoms.